The fourth-order valence-electron chi connectivity index (χ4n) is 6.32. The van der Waals surface area contributed by atoms with Gasteiger partial charge in [0.2, 0.25) is 0 Å². The summed E-state index contributed by atoms with van der Waals surface area (Å²) in [5.74, 6) is 0.118. The number of thiophene rings is 2. The van der Waals surface area contributed by atoms with Crippen LogP contribution in [0.4, 0.5) is 0 Å². The Morgan fingerprint density at radius 1 is 0.549 bits per heavy atom. The number of rotatable bonds is 8. The van der Waals surface area contributed by atoms with E-state index in [-0.39, 0.29) is 0 Å². The van der Waals surface area contributed by atoms with Gasteiger partial charge in [-0.05, 0) is 138 Å². The number of benzene rings is 4. The lowest BCUT2D eigenvalue weighted by Crippen LogP contribution is -2.06. The highest BCUT2D eigenvalue weighted by Gasteiger charge is 2.26. The monoisotopic (exact) mass is 702 g/mol. The van der Waals surface area contributed by atoms with Gasteiger partial charge in [-0.2, -0.15) is 10.5 Å². The Bertz CT molecular complexity index is 2220. The fraction of sp³-hybridized carbons (Fsp3) is 0.116. The average molecular weight is 703 g/mol. The van der Waals surface area contributed by atoms with Crippen LogP contribution in [0, 0.1) is 36.5 Å². The summed E-state index contributed by atoms with van der Waals surface area (Å²) in [7, 11) is 0. The van der Waals surface area contributed by atoms with Gasteiger partial charge < -0.3 is 9.47 Å². The van der Waals surface area contributed by atoms with Gasteiger partial charge in [-0.3, -0.25) is 0 Å². The minimum Gasteiger partial charge on any atom is -0.422 e. The zero-order valence-electron chi connectivity index (χ0n) is 27.9. The van der Waals surface area contributed by atoms with E-state index >= 15 is 0 Å². The van der Waals surface area contributed by atoms with E-state index in [1.807, 2.05) is 74.5 Å². The molecule has 0 fully saturated rings. The van der Waals surface area contributed by atoms with Gasteiger partial charge in [0.05, 0.1) is 23.3 Å². The van der Waals surface area contributed by atoms with Gasteiger partial charge in [0, 0.05) is 9.75 Å². The molecule has 2 heterocycles. The molecular weight excluding hydrogens is 673 g/mol. The Labute approximate surface area is 304 Å². The number of allylic oxidation sites excluding steroid dienone is 2. The normalized spacial score (nSPS) is 12.3. The number of nitrogens with zero attached hydrogens (tertiary/aromatic N) is 2. The average Bonchev–Trinajstić information content (AvgIpc) is 3.90. The lowest BCUT2D eigenvalue weighted by molar-refractivity contribution is 0.0730. The first-order valence-corrected chi connectivity index (χ1v) is 18.0. The maximum Gasteiger partial charge on any atom is 0.353 e. The van der Waals surface area contributed by atoms with Crippen molar-refractivity contribution in [2.75, 3.05) is 0 Å². The molecule has 0 saturated heterocycles. The lowest BCUT2D eigenvalue weighted by Gasteiger charge is -2.08. The van der Waals surface area contributed by atoms with Crippen molar-refractivity contribution in [2.45, 2.75) is 33.1 Å². The number of esters is 2. The molecule has 7 rings (SSSR count). The molecule has 0 radical (unpaired) electrons. The van der Waals surface area contributed by atoms with Crippen LogP contribution in [0.5, 0.6) is 11.5 Å². The Morgan fingerprint density at radius 2 is 0.882 bits per heavy atom. The van der Waals surface area contributed by atoms with Crippen LogP contribution in [0.15, 0.2) is 109 Å². The van der Waals surface area contributed by atoms with Crippen LogP contribution < -0.4 is 9.47 Å². The summed E-state index contributed by atoms with van der Waals surface area (Å²) in [4.78, 5) is 29.7. The summed E-state index contributed by atoms with van der Waals surface area (Å²) in [5.41, 5.74) is 9.58. The first-order chi connectivity index (χ1) is 24.8. The molecule has 4 aromatic carbocycles. The van der Waals surface area contributed by atoms with Crippen LogP contribution in [0.1, 0.15) is 70.6 Å². The SMILES string of the molecule is Cc1sc(C(=O)Oc2ccc(-c3ccc(C#N)cc3)cc2)cc1C1=C(c2cc(C(=O)Oc3ccc(-c4ccc(C#N)cc4)cc3)sc2C)CCC1. The highest BCUT2D eigenvalue weighted by molar-refractivity contribution is 7.14. The summed E-state index contributed by atoms with van der Waals surface area (Å²) >= 11 is 2.85. The van der Waals surface area contributed by atoms with Gasteiger partial charge >= 0.3 is 11.9 Å². The van der Waals surface area contributed by atoms with Crippen molar-refractivity contribution in [2.24, 2.45) is 0 Å². The zero-order valence-corrected chi connectivity index (χ0v) is 29.5. The van der Waals surface area contributed by atoms with E-state index in [1.54, 1.807) is 48.5 Å². The molecule has 0 bridgehead atoms. The van der Waals surface area contributed by atoms with Crippen molar-refractivity contribution in [3.05, 3.63) is 151 Å². The second-order valence-corrected chi connectivity index (χ2v) is 14.7. The molecule has 6 nitrogen and oxygen atoms in total. The Hall–Kier alpha value is -6.06. The predicted octanol–water partition coefficient (Wildman–Crippen LogP) is 11.0. The highest BCUT2D eigenvalue weighted by Crippen LogP contribution is 2.45. The standard InChI is InChI=1S/C43H30N2O4S2/c1-26-38(22-40(50-26)42(46)48-34-18-14-32(15-19-34)30-10-6-28(24-44)7-11-30)36-4-3-5-37(36)39-23-41(51-27(39)2)43(47)49-35-20-16-33(17-21-35)31-12-8-29(25-45)9-13-31/h6-23H,3-5H2,1-2H3. The highest BCUT2D eigenvalue weighted by atomic mass is 32.1. The molecule has 0 aliphatic heterocycles. The molecule has 2 aromatic heterocycles. The maximum absolute atomic E-state index is 13.2. The molecule has 8 heteroatoms. The van der Waals surface area contributed by atoms with Crippen molar-refractivity contribution in [3.63, 3.8) is 0 Å². The largest absolute Gasteiger partial charge is 0.422 e. The Balaban J connectivity index is 1.05. The second-order valence-electron chi connectivity index (χ2n) is 12.2. The van der Waals surface area contributed by atoms with Crippen LogP contribution in [-0.2, 0) is 0 Å². The smallest absolute Gasteiger partial charge is 0.353 e. The first-order valence-electron chi connectivity index (χ1n) is 16.4. The van der Waals surface area contributed by atoms with E-state index in [0.29, 0.717) is 32.4 Å². The molecule has 0 N–H and O–H groups in total. The lowest BCUT2D eigenvalue weighted by atomic mass is 9.97. The third-order valence-corrected chi connectivity index (χ3v) is 11.0. The number of hydrogen-bond acceptors (Lipinski definition) is 8. The minimum absolute atomic E-state index is 0.401. The van der Waals surface area contributed by atoms with E-state index in [1.165, 1.54) is 33.8 Å². The summed E-state index contributed by atoms with van der Waals surface area (Å²) in [6.45, 7) is 4.06. The van der Waals surface area contributed by atoms with E-state index in [2.05, 4.69) is 12.1 Å². The summed E-state index contributed by atoms with van der Waals surface area (Å²) in [6, 6.07) is 37.5. The Kier molecular flexibility index (Phi) is 9.46. The van der Waals surface area contributed by atoms with Crippen molar-refractivity contribution in [1.82, 2.24) is 0 Å². The third-order valence-electron chi connectivity index (χ3n) is 8.93. The second kappa shape index (κ2) is 14.4. The molecule has 1 aliphatic carbocycles. The van der Waals surface area contributed by atoms with Crippen molar-refractivity contribution in [1.29, 1.82) is 10.5 Å². The van der Waals surface area contributed by atoms with Gasteiger partial charge in [-0.25, -0.2) is 9.59 Å². The molecule has 0 spiro atoms. The van der Waals surface area contributed by atoms with Gasteiger partial charge in [0.25, 0.3) is 0 Å². The molecule has 51 heavy (non-hydrogen) atoms. The molecular formula is C43H30N2O4S2. The number of hydrogen-bond donors (Lipinski definition) is 0. The van der Waals surface area contributed by atoms with Crippen LogP contribution in [-0.4, -0.2) is 11.9 Å². The maximum atomic E-state index is 13.2. The summed E-state index contributed by atoms with van der Waals surface area (Å²) in [6.07, 6.45) is 2.77. The van der Waals surface area contributed by atoms with E-state index in [0.717, 1.165) is 62.4 Å². The zero-order chi connectivity index (χ0) is 35.5. The van der Waals surface area contributed by atoms with E-state index in [9.17, 15) is 9.59 Å². The number of ether oxygens (including phenoxy) is 2. The van der Waals surface area contributed by atoms with Crippen LogP contribution in [0.25, 0.3) is 33.4 Å². The van der Waals surface area contributed by atoms with Crippen LogP contribution >= 0.6 is 22.7 Å². The fourth-order valence-corrected chi connectivity index (χ4v) is 8.17. The van der Waals surface area contributed by atoms with Gasteiger partial charge in [-0.15, -0.1) is 22.7 Å². The summed E-state index contributed by atoms with van der Waals surface area (Å²) in [5, 5.41) is 18.1. The molecule has 0 unspecified atom stereocenters. The summed E-state index contributed by atoms with van der Waals surface area (Å²) < 4.78 is 11.5. The molecule has 1 aliphatic rings. The van der Waals surface area contributed by atoms with E-state index in [4.69, 9.17) is 20.0 Å². The van der Waals surface area contributed by atoms with Gasteiger partial charge in [-0.1, -0.05) is 48.5 Å². The number of carbonyl (C=O) groups excluding carboxylic acids is 2. The van der Waals surface area contributed by atoms with Crippen molar-refractivity contribution >= 4 is 45.8 Å². The van der Waals surface area contributed by atoms with Crippen LogP contribution in [0.3, 0.4) is 0 Å². The minimum atomic E-state index is -0.401. The Morgan fingerprint density at radius 3 is 1.22 bits per heavy atom. The molecule has 0 amide bonds. The first kappa shape index (κ1) is 33.4. The molecule has 248 valence electrons. The van der Waals surface area contributed by atoms with Crippen molar-refractivity contribution < 1.29 is 19.1 Å². The molecule has 0 saturated carbocycles. The third kappa shape index (κ3) is 7.15. The van der Waals surface area contributed by atoms with Gasteiger partial charge in [0.1, 0.15) is 21.3 Å². The van der Waals surface area contributed by atoms with E-state index < -0.39 is 11.9 Å². The molecule has 0 atom stereocenters. The number of aryl methyl sites for hydroxylation is 2. The molecule has 6 aromatic rings. The predicted molar refractivity (Wildman–Crippen MR) is 202 cm³/mol. The van der Waals surface area contributed by atoms with Crippen molar-refractivity contribution in [3.8, 4) is 45.9 Å². The number of carbonyl (C=O) groups is 2. The quantitative estimate of drug-likeness (QED) is 0.116. The number of nitriles is 2. The van der Waals surface area contributed by atoms with Crippen LogP contribution in [0.2, 0.25) is 0 Å². The van der Waals surface area contributed by atoms with Gasteiger partial charge in [0.15, 0.2) is 0 Å². The topological polar surface area (TPSA) is 100 Å².